The Bertz CT molecular complexity index is 170. The molecule has 112 valence electrons. The minimum atomic E-state index is 0. The molecule has 1 saturated carbocycles. The lowest BCUT2D eigenvalue weighted by Crippen LogP contribution is -2.16. The van der Waals surface area contributed by atoms with E-state index in [1.807, 2.05) is 0 Å². The first kappa shape index (κ1) is 21.0. The lowest BCUT2D eigenvalue weighted by molar-refractivity contribution is 0.496. The van der Waals surface area contributed by atoms with Crippen LogP contribution in [0.3, 0.4) is 0 Å². The summed E-state index contributed by atoms with van der Waals surface area (Å²) >= 11 is 0. The van der Waals surface area contributed by atoms with Gasteiger partial charge in [0.1, 0.15) is 0 Å². The fourth-order valence-electron chi connectivity index (χ4n) is 2.83. The maximum atomic E-state index is 2.30. The Morgan fingerprint density at radius 3 is 1.50 bits per heavy atom. The quantitative estimate of drug-likeness (QED) is 0.499. The van der Waals surface area contributed by atoms with Crippen LogP contribution in [0, 0.1) is 5.92 Å². The zero-order chi connectivity index (χ0) is 13.5. The van der Waals surface area contributed by atoms with Crippen LogP contribution in [0.15, 0.2) is 0 Å². The zero-order valence-corrected chi connectivity index (χ0v) is 15.5. The van der Waals surface area contributed by atoms with Crippen LogP contribution < -0.4 is 0 Å². The minimum absolute atomic E-state index is 0. The molecule has 0 spiro atoms. The lowest BCUT2D eigenvalue weighted by Gasteiger charge is -2.28. The van der Waals surface area contributed by atoms with E-state index in [1.54, 1.807) is 0 Å². The van der Waals surface area contributed by atoms with E-state index in [0.29, 0.717) is 10.3 Å². The van der Waals surface area contributed by atoms with Gasteiger partial charge in [-0.05, 0) is 16.2 Å². The smallest absolute Gasteiger partial charge is 0.0202 e. The van der Waals surface area contributed by atoms with Gasteiger partial charge < -0.3 is 0 Å². The van der Waals surface area contributed by atoms with E-state index < -0.39 is 0 Å². The summed E-state index contributed by atoms with van der Waals surface area (Å²) in [5.41, 5.74) is 0. The van der Waals surface area contributed by atoms with Crippen molar-refractivity contribution >= 4 is 21.0 Å². The van der Waals surface area contributed by atoms with Crippen molar-refractivity contribution in [3.8, 4) is 0 Å². The maximum Gasteiger partial charge on any atom is -0.0202 e. The van der Waals surface area contributed by atoms with E-state index in [9.17, 15) is 0 Å². The molecule has 0 heterocycles. The Hall–Kier alpha value is 0.720. The summed E-state index contributed by atoms with van der Waals surface area (Å²) in [6.07, 6.45) is 8.93. The normalized spacial score (nSPS) is 16.8. The number of hydrogen-bond acceptors (Lipinski definition) is 0. The van der Waals surface area contributed by atoms with Gasteiger partial charge in [0.2, 0.25) is 0 Å². The van der Waals surface area contributed by atoms with Gasteiger partial charge >= 0.3 is 0 Å². The van der Waals surface area contributed by atoms with Crippen LogP contribution >= 0.6 is 21.0 Å². The molecule has 0 bridgehead atoms. The topological polar surface area (TPSA) is 0 Å². The van der Waals surface area contributed by atoms with E-state index in [2.05, 4.69) is 48.5 Å². The molecule has 0 unspecified atom stereocenters. The van der Waals surface area contributed by atoms with Gasteiger partial charge in [0.25, 0.3) is 0 Å². The summed E-state index contributed by atoms with van der Waals surface area (Å²) in [4.78, 5) is 0. The van der Waals surface area contributed by atoms with Crippen molar-refractivity contribution in [1.29, 1.82) is 0 Å². The molecule has 18 heavy (non-hydrogen) atoms. The van der Waals surface area contributed by atoms with Crippen LogP contribution in [0.5, 0.6) is 0 Å². The summed E-state index contributed by atoms with van der Waals surface area (Å²) in [5, 5.41) is 1.02. The highest BCUT2D eigenvalue weighted by Crippen LogP contribution is 2.41. The summed E-state index contributed by atoms with van der Waals surface area (Å²) in [6.45, 7) is 16.1. The van der Waals surface area contributed by atoms with Crippen molar-refractivity contribution in [2.45, 2.75) is 97.3 Å². The highest BCUT2D eigenvalue weighted by atomic mass is 35.5. The first-order valence-corrected chi connectivity index (χ1v) is 8.43. The maximum absolute atomic E-state index is 2.30. The molecular weight excluding hydrogens is 259 g/mol. The van der Waals surface area contributed by atoms with Gasteiger partial charge in [-0.2, -0.15) is 0 Å². The van der Waals surface area contributed by atoms with Crippen molar-refractivity contribution in [3.63, 3.8) is 0 Å². The van der Waals surface area contributed by atoms with Crippen molar-refractivity contribution in [2.75, 3.05) is 0 Å². The lowest BCUT2D eigenvalue weighted by atomic mass is 10.0. The Balaban J connectivity index is 0. The van der Waals surface area contributed by atoms with Gasteiger partial charge in [0, 0.05) is 0 Å². The van der Waals surface area contributed by atoms with E-state index in [1.165, 1.54) is 38.5 Å². The Morgan fingerprint density at radius 1 is 0.889 bits per heavy atom. The van der Waals surface area contributed by atoms with Crippen molar-refractivity contribution in [2.24, 2.45) is 5.92 Å². The highest BCUT2D eigenvalue weighted by Gasteiger charge is 2.19. The van der Waals surface area contributed by atoms with Crippen LogP contribution in [0.4, 0.5) is 0 Å². The van der Waals surface area contributed by atoms with Gasteiger partial charge in [0.05, 0.1) is 0 Å². The number of hydrogen-bond donors (Lipinski definition) is 0. The fraction of sp³-hybridized carbons (Fsp3) is 1.00. The molecular formula is C16H36ClP. The molecule has 0 aromatic heterocycles. The number of halogens is 1. The summed E-state index contributed by atoms with van der Waals surface area (Å²) in [5.74, 6) is 1.11. The Kier molecular flexibility index (Phi) is 11.2. The molecule has 1 fully saturated rings. The molecule has 0 aromatic carbocycles. The molecule has 2 heteroatoms. The molecule has 0 saturated heterocycles. The average Bonchev–Trinajstić information content (AvgIpc) is 2.51. The average molecular weight is 295 g/mol. The van der Waals surface area contributed by atoms with Crippen LogP contribution in [0.25, 0.3) is 0 Å². The summed E-state index contributed by atoms with van der Waals surface area (Å²) in [6, 6.07) is 0. The van der Waals surface area contributed by atoms with Crippen LogP contribution in [0.1, 0.15) is 87.0 Å². The molecule has 0 radical (unpaired) electrons. The van der Waals surface area contributed by atoms with E-state index in [-0.39, 0.29) is 12.4 Å². The van der Waals surface area contributed by atoms with Gasteiger partial charge in [-0.15, -0.1) is 21.0 Å². The van der Waals surface area contributed by atoms with Crippen molar-refractivity contribution in [1.82, 2.24) is 0 Å². The zero-order valence-electron chi connectivity index (χ0n) is 13.7. The molecule has 0 nitrogen and oxygen atoms in total. The van der Waals surface area contributed by atoms with E-state index in [0.717, 1.165) is 14.5 Å². The SMILES string of the molecule is CC(C)(C)PC(C)(C)C.CCCC1CCCC1.Cl. The second-order valence-corrected chi connectivity index (χ2v) is 10.8. The fourth-order valence-corrected chi connectivity index (χ4v) is 5.08. The van der Waals surface area contributed by atoms with Crippen molar-refractivity contribution < 1.29 is 0 Å². The second-order valence-electron chi connectivity index (χ2n) is 7.56. The van der Waals surface area contributed by atoms with E-state index in [4.69, 9.17) is 0 Å². The number of rotatable bonds is 2. The standard InChI is InChI=1S/C8H19P.C8H16.ClH/c1-7(2,3)9-8(4,5)6;1-2-5-8-6-3-4-7-8;/h9H,1-6H3;8H,2-7H2,1H3;1H. The monoisotopic (exact) mass is 294 g/mol. The van der Waals surface area contributed by atoms with Gasteiger partial charge in [-0.3, -0.25) is 0 Å². The molecule has 1 aliphatic rings. The van der Waals surface area contributed by atoms with Crippen LogP contribution in [-0.4, -0.2) is 10.3 Å². The van der Waals surface area contributed by atoms with Crippen LogP contribution in [-0.2, 0) is 0 Å². The predicted octanol–water partition coefficient (Wildman–Crippen LogP) is 6.66. The summed E-state index contributed by atoms with van der Waals surface area (Å²) < 4.78 is 0. The Labute approximate surface area is 124 Å². The third-order valence-corrected chi connectivity index (χ3v) is 4.42. The van der Waals surface area contributed by atoms with Crippen molar-refractivity contribution in [3.05, 3.63) is 0 Å². The molecule has 0 aromatic rings. The molecule has 0 N–H and O–H groups in total. The van der Waals surface area contributed by atoms with Gasteiger partial charge in [-0.1, -0.05) is 87.0 Å². The van der Waals surface area contributed by atoms with Gasteiger partial charge in [0.15, 0.2) is 0 Å². The Morgan fingerprint density at radius 2 is 1.28 bits per heavy atom. The minimum Gasteiger partial charge on any atom is -0.147 e. The molecule has 1 aliphatic carbocycles. The molecule has 0 atom stereocenters. The van der Waals surface area contributed by atoms with E-state index >= 15 is 0 Å². The first-order chi connectivity index (χ1) is 7.64. The molecule has 0 amide bonds. The second kappa shape index (κ2) is 9.60. The third-order valence-electron chi connectivity index (χ3n) is 2.92. The molecule has 1 rings (SSSR count). The first-order valence-electron chi connectivity index (χ1n) is 7.43. The largest absolute Gasteiger partial charge is 0.147 e. The highest BCUT2D eigenvalue weighted by molar-refractivity contribution is 7.41. The van der Waals surface area contributed by atoms with Gasteiger partial charge in [-0.25, -0.2) is 0 Å². The predicted molar refractivity (Wildman–Crippen MR) is 91.9 cm³/mol. The summed E-state index contributed by atoms with van der Waals surface area (Å²) in [7, 11) is 1.05. The van der Waals surface area contributed by atoms with Crippen LogP contribution in [0.2, 0.25) is 0 Å². The third kappa shape index (κ3) is 14.8. The molecule has 0 aliphatic heterocycles.